The molecule has 2 heterocycles. The van der Waals surface area contributed by atoms with Crippen molar-refractivity contribution in [3.05, 3.63) is 90.4 Å². The molecule has 0 saturated carbocycles. The van der Waals surface area contributed by atoms with E-state index in [1.807, 2.05) is 60.1 Å². The summed E-state index contributed by atoms with van der Waals surface area (Å²) < 4.78 is 7.76. The van der Waals surface area contributed by atoms with E-state index in [1.54, 1.807) is 12.5 Å². The van der Waals surface area contributed by atoms with Gasteiger partial charge in [-0.1, -0.05) is 42.5 Å². The minimum atomic E-state index is 0.558. The first kappa shape index (κ1) is 17.7. The van der Waals surface area contributed by atoms with Gasteiger partial charge in [-0.15, -0.1) is 10.2 Å². The predicted octanol–water partition coefficient (Wildman–Crippen LogP) is 4.07. The van der Waals surface area contributed by atoms with Crippen molar-refractivity contribution in [3.8, 4) is 17.1 Å². The first-order chi connectivity index (χ1) is 13.8. The maximum Gasteiger partial charge on any atom is 0.165 e. The van der Waals surface area contributed by atoms with Gasteiger partial charge in [0, 0.05) is 25.4 Å². The number of aromatic nitrogens is 4. The van der Waals surface area contributed by atoms with Gasteiger partial charge in [-0.25, -0.2) is 4.98 Å². The lowest BCUT2D eigenvalue weighted by atomic mass is 10.2. The van der Waals surface area contributed by atoms with E-state index in [0.717, 1.165) is 34.1 Å². The second-order valence-electron chi connectivity index (χ2n) is 6.47. The molecule has 140 valence electrons. The second-order valence-corrected chi connectivity index (χ2v) is 6.47. The zero-order valence-corrected chi connectivity index (χ0v) is 15.6. The highest BCUT2D eigenvalue weighted by atomic mass is 16.5. The van der Waals surface area contributed by atoms with E-state index >= 15 is 0 Å². The van der Waals surface area contributed by atoms with Crippen LogP contribution in [-0.2, 0) is 20.2 Å². The normalized spacial score (nSPS) is 10.6. The average molecular weight is 371 g/mol. The van der Waals surface area contributed by atoms with Gasteiger partial charge in [-0.3, -0.25) is 0 Å². The molecule has 0 aliphatic rings. The van der Waals surface area contributed by atoms with Crippen LogP contribution in [0, 0.1) is 0 Å². The zero-order valence-electron chi connectivity index (χ0n) is 15.6. The van der Waals surface area contributed by atoms with Crippen molar-refractivity contribution in [2.45, 2.75) is 13.2 Å². The summed E-state index contributed by atoms with van der Waals surface area (Å²) in [6.45, 7) is 1.22. The Bertz CT molecular complexity index is 1030. The smallest absolute Gasteiger partial charge is 0.165 e. The predicted molar refractivity (Wildman–Crippen MR) is 109 cm³/mol. The molecule has 1 N–H and O–H groups in total. The molecule has 28 heavy (non-hydrogen) atoms. The summed E-state index contributed by atoms with van der Waals surface area (Å²) in [4.78, 5) is 4.47. The van der Waals surface area contributed by atoms with E-state index in [2.05, 4.69) is 38.7 Å². The largest absolute Gasteiger partial charge is 0.489 e. The summed E-state index contributed by atoms with van der Waals surface area (Å²) in [7, 11) is 1.91. The SMILES string of the molecule is Cn1cnnc1-c1ccc(NCc2cccc(OCc3ccccc3)c2)nc1. The Morgan fingerprint density at radius 2 is 1.82 bits per heavy atom. The molecule has 6 nitrogen and oxygen atoms in total. The van der Waals surface area contributed by atoms with Crippen LogP contribution >= 0.6 is 0 Å². The number of benzene rings is 2. The summed E-state index contributed by atoms with van der Waals surface area (Å²) >= 11 is 0. The van der Waals surface area contributed by atoms with Crippen molar-refractivity contribution in [1.29, 1.82) is 0 Å². The molecule has 0 aliphatic heterocycles. The van der Waals surface area contributed by atoms with Gasteiger partial charge < -0.3 is 14.6 Å². The van der Waals surface area contributed by atoms with E-state index in [4.69, 9.17) is 4.74 Å². The molecule has 0 atom stereocenters. The van der Waals surface area contributed by atoms with Gasteiger partial charge in [-0.2, -0.15) is 0 Å². The Balaban J connectivity index is 1.35. The van der Waals surface area contributed by atoms with Crippen LogP contribution in [0.25, 0.3) is 11.4 Å². The number of hydrogen-bond acceptors (Lipinski definition) is 5. The summed E-state index contributed by atoms with van der Waals surface area (Å²) in [6.07, 6.45) is 3.47. The Morgan fingerprint density at radius 3 is 2.57 bits per heavy atom. The van der Waals surface area contributed by atoms with Crippen LogP contribution in [0.1, 0.15) is 11.1 Å². The topological polar surface area (TPSA) is 64.9 Å². The average Bonchev–Trinajstić information content (AvgIpc) is 3.18. The van der Waals surface area contributed by atoms with Gasteiger partial charge in [-0.05, 0) is 35.4 Å². The van der Waals surface area contributed by atoms with Crippen LogP contribution in [0.15, 0.2) is 79.3 Å². The fraction of sp³-hybridized carbons (Fsp3) is 0.136. The minimum Gasteiger partial charge on any atom is -0.489 e. The molecule has 2 aromatic heterocycles. The van der Waals surface area contributed by atoms with Crippen LogP contribution in [-0.4, -0.2) is 19.7 Å². The molecule has 0 spiro atoms. The maximum absolute atomic E-state index is 5.89. The number of nitrogens with zero attached hydrogens (tertiary/aromatic N) is 4. The molecule has 6 heteroatoms. The number of aryl methyl sites for hydroxylation is 1. The lowest BCUT2D eigenvalue weighted by Gasteiger charge is -2.10. The van der Waals surface area contributed by atoms with Crippen LogP contribution in [0.3, 0.4) is 0 Å². The minimum absolute atomic E-state index is 0.558. The van der Waals surface area contributed by atoms with Crippen molar-refractivity contribution in [2.24, 2.45) is 7.05 Å². The monoisotopic (exact) mass is 371 g/mol. The highest BCUT2D eigenvalue weighted by molar-refractivity contribution is 5.56. The van der Waals surface area contributed by atoms with Gasteiger partial charge in [0.2, 0.25) is 0 Å². The summed E-state index contributed by atoms with van der Waals surface area (Å²) in [6, 6.07) is 22.2. The number of pyridine rings is 1. The second kappa shape index (κ2) is 8.35. The first-order valence-corrected chi connectivity index (χ1v) is 9.08. The Kier molecular flexibility index (Phi) is 5.29. The third-order valence-electron chi connectivity index (χ3n) is 4.35. The Morgan fingerprint density at radius 1 is 0.964 bits per heavy atom. The van der Waals surface area contributed by atoms with E-state index < -0.39 is 0 Å². The van der Waals surface area contributed by atoms with Gasteiger partial charge in [0.25, 0.3) is 0 Å². The molecule has 0 fully saturated rings. The molecular weight excluding hydrogens is 350 g/mol. The number of hydrogen-bond donors (Lipinski definition) is 1. The fourth-order valence-corrected chi connectivity index (χ4v) is 2.85. The molecular formula is C22H21N5O. The van der Waals surface area contributed by atoms with E-state index in [9.17, 15) is 0 Å². The summed E-state index contributed by atoms with van der Waals surface area (Å²) in [5.41, 5.74) is 3.21. The highest BCUT2D eigenvalue weighted by Crippen LogP contribution is 2.18. The van der Waals surface area contributed by atoms with Crippen LogP contribution in [0.5, 0.6) is 5.75 Å². The van der Waals surface area contributed by atoms with Crippen molar-refractivity contribution in [3.63, 3.8) is 0 Å². The third-order valence-corrected chi connectivity index (χ3v) is 4.35. The van der Waals surface area contributed by atoms with Crippen LogP contribution < -0.4 is 10.1 Å². The lowest BCUT2D eigenvalue weighted by molar-refractivity contribution is 0.306. The molecule has 0 saturated heterocycles. The Hall–Kier alpha value is -3.67. The van der Waals surface area contributed by atoms with Gasteiger partial charge in [0.05, 0.1) is 0 Å². The van der Waals surface area contributed by atoms with Crippen molar-refractivity contribution in [1.82, 2.24) is 19.7 Å². The molecule has 0 aliphatic carbocycles. The number of rotatable bonds is 7. The highest BCUT2D eigenvalue weighted by Gasteiger charge is 2.05. The summed E-state index contributed by atoms with van der Waals surface area (Å²) in [5, 5.41) is 11.3. The van der Waals surface area contributed by atoms with Crippen LogP contribution in [0.2, 0.25) is 0 Å². The molecule has 4 rings (SSSR count). The number of ether oxygens (including phenoxy) is 1. The maximum atomic E-state index is 5.89. The molecule has 2 aromatic carbocycles. The van der Waals surface area contributed by atoms with E-state index in [1.165, 1.54) is 0 Å². The quantitative estimate of drug-likeness (QED) is 0.530. The Labute approximate surface area is 163 Å². The van der Waals surface area contributed by atoms with E-state index in [0.29, 0.717) is 13.2 Å². The third kappa shape index (κ3) is 4.35. The standard InChI is InChI=1S/C22H21N5O/c1-27-16-25-26-22(27)19-10-11-21(24-14-19)23-13-18-8-5-9-20(12-18)28-15-17-6-3-2-4-7-17/h2-12,14,16H,13,15H2,1H3,(H,23,24). The lowest BCUT2D eigenvalue weighted by Crippen LogP contribution is -2.02. The van der Waals surface area contributed by atoms with Crippen molar-refractivity contribution in [2.75, 3.05) is 5.32 Å². The fourth-order valence-electron chi connectivity index (χ4n) is 2.85. The van der Waals surface area contributed by atoms with Crippen LogP contribution in [0.4, 0.5) is 5.82 Å². The molecule has 0 bridgehead atoms. The molecule has 0 amide bonds. The molecule has 4 aromatic rings. The van der Waals surface area contributed by atoms with Gasteiger partial charge in [0.1, 0.15) is 24.5 Å². The molecule has 0 unspecified atom stereocenters. The van der Waals surface area contributed by atoms with Crippen molar-refractivity contribution >= 4 is 5.82 Å². The van der Waals surface area contributed by atoms with Crippen molar-refractivity contribution < 1.29 is 4.74 Å². The van der Waals surface area contributed by atoms with Gasteiger partial charge >= 0.3 is 0 Å². The first-order valence-electron chi connectivity index (χ1n) is 9.08. The number of anilines is 1. The summed E-state index contributed by atoms with van der Waals surface area (Å²) in [5.74, 6) is 2.46. The number of nitrogens with one attached hydrogen (secondary N) is 1. The van der Waals surface area contributed by atoms with Gasteiger partial charge in [0.15, 0.2) is 5.82 Å². The van der Waals surface area contributed by atoms with E-state index in [-0.39, 0.29) is 0 Å². The molecule has 0 radical (unpaired) electrons. The zero-order chi connectivity index (χ0) is 19.2.